The predicted octanol–water partition coefficient (Wildman–Crippen LogP) is 4.72. The highest BCUT2D eigenvalue weighted by Crippen LogP contribution is 2.31. The van der Waals surface area contributed by atoms with Crippen LogP contribution in [0.2, 0.25) is 10.0 Å². The summed E-state index contributed by atoms with van der Waals surface area (Å²) in [7, 11) is 1.85. The lowest BCUT2D eigenvalue weighted by Crippen LogP contribution is -1.92. The van der Waals surface area contributed by atoms with E-state index >= 15 is 0 Å². The van der Waals surface area contributed by atoms with Crippen molar-refractivity contribution in [3.05, 3.63) is 52.1 Å². The third kappa shape index (κ3) is 3.55. The minimum absolute atomic E-state index is 0.700. The zero-order valence-electron chi connectivity index (χ0n) is 9.78. The Morgan fingerprint density at radius 3 is 2.72 bits per heavy atom. The second kappa shape index (κ2) is 6.32. The molecule has 2 nitrogen and oxygen atoms in total. The predicted molar refractivity (Wildman–Crippen MR) is 79.8 cm³/mol. The maximum absolute atomic E-state index is 6.11. The average molecular weight is 299 g/mol. The summed E-state index contributed by atoms with van der Waals surface area (Å²) in [5, 5.41) is 4.41. The van der Waals surface area contributed by atoms with Crippen LogP contribution < -0.4 is 5.32 Å². The lowest BCUT2D eigenvalue weighted by Gasteiger charge is -2.05. The molecule has 0 aliphatic rings. The molecule has 0 saturated heterocycles. The van der Waals surface area contributed by atoms with Crippen molar-refractivity contribution in [3.63, 3.8) is 0 Å². The lowest BCUT2D eigenvalue weighted by molar-refractivity contribution is 1.23. The number of nitrogens with zero attached hydrogens (tertiary/aromatic N) is 1. The van der Waals surface area contributed by atoms with Crippen LogP contribution in [-0.4, -0.2) is 12.0 Å². The Morgan fingerprint density at radius 2 is 2.06 bits per heavy atom. The fourth-order valence-electron chi connectivity index (χ4n) is 1.41. The number of thioether (sulfide) groups is 1. The van der Waals surface area contributed by atoms with Gasteiger partial charge < -0.3 is 5.32 Å². The molecule has 18 heavy (non-hydrogen) atoms. The smallest absolute Gasteiger partial charge is 0.125 e. The normalized spacial score (nSPS) is 10.4. The summed E-state index contributed by atoms with van der Waals surface area (Å²) in [4.78, 5) is 5.25. The van der Waals surface area contributed by atoms with E-state index in [9.17, 15) is 0 Å². The number of hydrogen-bond donors (Lipinski definition) is 1. The lowest BCUT2D eigenvalue weighted by atomic mass is 10.3. The summed E-state index contributed by atoms with van der Waals surface area (Å²) in [5.74, 6) is 1.68. The quantitative estimate of drug-likeness (QED) is 0.827. The van der Waals surface area contributed by atoms with Gasteiger partial charge in [-0.1, -0.05) is 29.3 Å². The molecule has 0 aliphatic carbocycles. The molecule has 0 radical (unpaired) electrons. The van der Waals surface area contributed by atoms with Crippen molar-refractivity contribution in [3.8, 4) is 0 Å². The molecule has 0 saturated carbocycles. The number of anilines is 1. The first-order valence-electron chi connectivity index (χ1n) is 5.39. The van der Waals surface area contributed by atoms with Crippen LogP contribution in [0.15, 0.2) is 41.4 Å². The number of aromatic nitrogens is 1. The topological polar surface area (TPSA) is 24.9 Å². The highest BCUT2D eigenvalue weighted by atomic mass is 35.5. The zero-order valence-corrected chi connectivity index (χ0v) is 12.1. The molecule has 1 aromatic carbocycles. The maximum Gasteiger partial charge on any atom is 0.125 e. The van der Waals surface area contributed by atoms with Crippen molar-refractivity contribution in [2.75, 3.05) is 12.4 Å². The first-order valence-corrected chi connectivity index (χ1v) is 7.14. The van der Waals surface area contributed by atoms with E-state index < -0.39 is 0 Å². The van der Waals surface area contributed by atoms with E-state index in [0.717, 1.165) is 27.1 Å². The van der Waals surface area contributed by atoms with Gasteiger partial charge in [0, 0.05) is 28.9 Å². The molecular weight excluding hydrogens is 287 g/mol. The Bertz CT molecular complexity index is 529. The van der Waals surface area contributed by atoms with Crippen LogP contribution in [0.25, 0.3) is 0 Å². The molecule has 0 atom stereocenters. The molecule has 1 aromatic heterocycles. The van der Waals surface area contributed by atoms with Gasteiger partial charge in [0.05, 0.1) is 5.02 Å². The van der Waals surface area contributed by atoms with Crippen LogP contribution >= 0.6 is 35.0 Å². The zero-order chi connectivity index (χ0) is 13.0. The molecule has 0 unspecified atom stereocenters. The molecule has 0 amide bonds. The monoisotopic (exact) mass is 298 g/mol. The molecule has 2 rings (SSSR count). The van der Waals surface area contributed by atoms with Gasteiger partial charge >= 0.3 is 0 Å². The highest BCUT2D eigenvalue weighted by Gasteiger charge is 2.03. The van der Waals surface area contributed by atoms with Gasteiger partial charge in [0.15, 0.2) is 0 Å². The Kier molecular flexibility index (Phi) is 4.75. The summed E-state index contributed by atoms with van der Waals surface area (Å²) >= 11 is 13.7. The number of benzene rings is 1. The minimum atomic E-state index is 0.700. The van der Waals surface area contributed by atoms with Crippen molar-refractivity contribution >= 4 is 40.8 Å². The molecule has 0 fully saturated rings. The van der Waals surface area contributed by atoms with Gasteiger partial charge in [0.2, 0.25) is 0 Å². The van der Waals surface area contributed by atoms with Crippen LogP contribution in [0, 0.1) is 0 Å². The molecule has 0 bridgehead atoms. The SMILES string of the molecule is CNc1ccc(CSc2cc(Cl)ccc2Cl)cn1. The van der Waals surface area contributed by atoms with E-state index in [1.165, 1.54) is 0 Å². The molecule has 5 heteroatoms. The number of rotatable bonds is 4. The molecule has 0 aliphatic heterocycles. The maximum atomic E-state index is 6.11. The fourth-order valence-corrected chi connectivity index (χ4v) is 2.83. The average Bonchev–Trinajstić information content (AvgIpc) is 2.40. The summed E-state index contributed by atoms with van der Waals surface area (Å²) in [6.07, 6.45) is 1.86. The van der Waals surface area contributed by atoms with Crippen LogP contribution in [0.5, 0.6) is 0 Å². The number of nitrogens with one attached hydrogen (secondary N) is 1. The van der Waals surface area contributed by atoms with Gasteiger partial charge in [-0.15, -0.1) is 11.8 Å². The summed E-state index contributed by atoms with van der Waals surface area (Å²) in [6.45, 7) is 0. The summed E-state index contributed by atoms with van der Waals surface area (Å²) < 4.78 is 0. The largest absolute Gasteiger partial charge is 0.373 e. The van der Waals surface area contributed by atoms with Gasteiger partial charge in [-0.25, -0.2) is 4.98 Å². The van der Waals surface area contributed by atoms with Crippen LogP contribution in [0.3, 0.4) is 0 Å². The van der Waals surface area contributed by atoms with Gasteiger partial charge in [-0.2, -0.15) is 0 Å². The first kappa shape index (κ1) is 13.5. The van der Waals surface area contributed by atoms with Crippen LogP contribution in [0.4, 0.5) is 5.82 Å². The number of halogens is 2. The van der Waals surface area contributed by atoms with Gasteiger partial charge in [0.1, 0.15) is 5.82 Å². The highest BCUT2D eigenvalue weighted by molar-refractivity contribution is 7.98. The molecule has 94 valence electrons. The van der Waals surface area contributed by atoms with E-state index in [1.807, 2.05) is 37.5 Å². The Balaban J connectivity index is 2.04. The minimum Gasteiger partial charge on any atom is -0.373 e. The van der Waals surface area contributed by atoms with E-state index in [4.69, 9.17) is 23.2 Å². The van der Waals surface area contributed by atoms with Crippen LogP contribution in [-0.2, 0) is 5.75 Å². The summed E-state index contributed by atoms with van der Waals surface area (Å²) in [6, 6.07) is 9.48. The van der Waals surface area contributed by atoms with Crippen molar-refractivity contribution in [1.82, 2.24) is 4.98 Å². The standard InChI is InChI=1S/C13H12Cl2N2S/c1-16-13-5-2-9(7-17-13)8-18-12-6-10(14)3-4-11(12)15/h2-7H,8H2,1H3,(H,16,17). The van der Waals surface area contributed by atoms with E-state index in [0.29, 0.717) is 5.02 Å². The Labute approximate surface area is 121 Å². The van der Waals surface area contributed by atoms with E-state index in [1.54, 1.807) is 17.8 Å². The third-order valence-corrected chi connectivity index (χ3v) is 4.17. The van der Waals surface area contributed by atoms with Gasteiger partial charge in [-0.05, 0) is 29.8 Å². The number of pyridine rings is 1. The molecule has 2 aromatic rings. The Hall–Kier alpha value is -0.900. The molecule has 1 heterocycles. The van der Waals surface area contributed by atoms with Crippen molar-refractivity contribution in [1.29, 1.82) is 0 Å². The van der Waals surface area contributed by atoms with Crippen molar-refractivity contribution < 1.29 is 0 Å². The second-order valence-electron chi connectivity index (χ2n) is 3.67. The first-order chi connectivity index (χ1) is 8.69. The Morgan fingerprint density at radius 1 is 1.22 bits per heavy atom. The molecule has 0 spiro atoms. The van der Waals surface area contributed by atoms with Crippen LogP contribution in [0.1, 0.15) is 5.56 Å². The fraction of sp³-hybridized carbons (Fsp3) is 0.154. The van der Waals surface area contributed by atoms with E-state index in [2.05, 4.69) is 10.3 Å². The summed E-state index contributed by atoms with van der Waals surface area (Å²) in [5.41, 5.74) is 1.15. The molecule has 1 N–H and O–H groups in total. The van der Waals surface area contributed by atoms with E-state index in [-0.39, 0.29) is 0 Å². The van der Waals surface area contributed by atoms with Crippen molar-refractivity contribution in [2.45, 2.75) is 10.6 Å². The van der Waals surface area contributed by atoms with Gasteiger partial charge in [0.25, 0.3) is 0 Å². The van der Waals surface area contributed by atoms with Crippen molar-refractivity contribution in [2.24, 2.45) is 0 Å². The second-order valence-corrected chi connectivity index (χ2v) is 5.53. The van der Waals surface area contributed by atoms with Gasteiger partial charge in [-0.3, -0.25) is 0 Å². The number of hydrogen-bond acceptors (Lipinski definition) is 3. The molecular formula is C13H12Cl2N2S. The third-order valence-electron chi connectivity index (χ3n) is 2.37.